The Labute approximate surface area is 378 Å². The fraction of sp³-hybridized carbons (Fsp3) is 0.646. The minimum Gasteiger partial charge on any atom is -0.548 e. The molecule has 56 heavy (non-hydrogen) atoms. The van der Waals surface area contributed by atoms with E-state index in [1.807, 2.05) is 60.7 Å². The first-order valence-electron chi connectivity index (χ1n) is 21.2. The summed E-state index contributed by atoms with van der Waals surface area (Å²) in [5.41, 5.74) is 2.18. The zero-order valence-electron chi connectivity index (χ0n) is 35.4. The van der Waals surface area contributed by atoms with Crippen molar-refractivity contribution >= 4 is 17.8 Å². The van der Waals surface area contributed by atoms with Gasteiger partial charge in [-0.1, -0.05) is 121 Å². The van der Waals surface area contributed by atoms with Gasteiger partial charge in [0.15, 0.2) is 0 Å². The van der Waals surface area contributed by atoms with Crippen molar-refractivity contribution in [3.63, 3.8) is 0 Å². The molecule has 4 saturated carbocycles. The Kier molecular flexibility index (Phi) is 12.8. The van der Waals surface area contributed by atoms with Crippen LogP contribution in [0.25, 0.3) is 0 Å². The Morgan fingerprint density at radius 2 is 1.48 bits per heavy atom. The van der Waals surface area contributed by atoms with Gasteiger partial charge in [-0.15, -0.1) is 0 Å². The summed E-state index contributed by atoms with van der Waals surface area (Å²) >= 11 is 0. The summed E-state index contributed by atoms with van der Waals surface area (Å²) in [4.78, 5) is 44.1. The number of benzene rings is 2. The Hall–Kier alpha value is -1.81. The van der Waals surface area contributed by atoms with Crippen molar-refractivity contribution in [2.24, 2.45) is 56.7 Å². The number of aliphatic carboxylic acids is 1. The summed E-state index contributed by atoms with van der Waals surface area (Å²) < 4.78 is 0. The van der Waals surface area contributed by atoms with Crippen molar-refractivity contribution in [1.82, 2.24) is 10.2 Å². The fourth-order valence-corrected chi connectivity index (χ4v) is 13.6. The molecule has 8 heteroatoms. The number of aliphatic hydroxyl groups is 1. The molecule has 7 rings (SSSR count). The molecular formula is C48H65KN2O5. The van der Waals surface area contributed by atoms with Crippen molar-refractivity contribution in [3.05, 3.63) is 83.4 Å². The second kappa shape index (κ2) is 16.3. The zero-order chi connectivity index (χ0) is 39.6. The van der Waals surface area contributed by atoms with Gasteiger partial charge in [0.05, 0.1) is 23.5 Å². The molecule has 4 fully saturated rings. The molecule has 0 heterocycles. The average Bonchev–Trinajstić information content (AvgIpc) is 3.16. The number of nitrogens with zero attached hydrogens (tertiary/aromatic N) is 1. The third kappa shape index (κ3) is 7.16. The van der Waals surface area contributed by atoms with Gasteiger partial charge in [-0.2, -0.15) is 0 Å². The fourth-order valence-electron chi connectivity index (χ4n) is 13.6. The van der Waals surface area contributed by atoms with Crippen LogP contribution in [0.5, 0.6) is 0 Å². The topological polar surface area (TPSA) is 110 Å². The normalized spacial score (nSPS) is 37.5. The third-order valence-electron chi connectivity index (χ3n) is 17.2. The van der Waals surface area contributed by atoms with Crippen molar-refractivity contribution in [2.75, 3.05) is 6.54 Å². The summed E-state index contributed by atoms with van der Waals surface area (Å²) in [6.07, 6.45) is 10.4. The smallest absolute Gasteiger partial charge is 0.548 e. The van der Waals surface area contributed by atoms with Gasteiger partial charge in [-0.05, 0) is 127 Å². The Morgan fingerprint density at radius 3 is 2.12 bits per heavy atom. The molecule has 0 bridgehead atoms. The molecule has 298 valence electrons. The molecule has 5 aliphatic carbocycles. The molecule has 0 radical (unpaired) electrons. The van der Waals surface area contributed by atoms with Gasteiger partial charge in [0.25, 0.3) is 0 Å². The maximum atomic E-state index is 15.7. The van der Waals surface area contributed by atoms with Gasteiger partial charge >= 0.3 is 51.4 Å². The number of carbonyl (C=O) groups excluding carboxylic acids is 3. The van der Waals surface area contributed by atoms with E-state index < -0.39 is 17.4 Å². The van der Waals surface area contributed by atoms with E-state index in [0.717, 1.165) is 56.1 Å². The van der Waals surface area contributed by atoms with Gasteiger partial charge in [0.2, 0.25) is 11.8 Å². The molecular weight excluding hydrogens is 724 g/mol. The van der Waals surface area contributed by atoms with Crippen LogP contribution in [0.15, 0.2) is 72.3 Å². The van der Waals surface area contributed by atoms with E-state index in [4.69, 9.17) is 0 Å². The largest absolute Gasteiger partial charge is 1.00 e. The Bertz CT molecular complexity index is 1800. The van der Waals surface area contributed by atoms with Crippen LogP contribution in [0.4, 0.5) is 0 Å². The molecule has 0 aliphatic heterocycles. The summed E-state index contributed by atoms with van der Waals surface area (Å²) in [6, 6.07) is 17.7. The van der Waals surface area contributed by atoms with E-state index in [1.54, 1.807) is 0 Å². The molecule has 0 spiro atoms. The van der Waals surface area contributed by atoms with Crippen molar-refractivity contribution < 1.29 is 76.0 Å². The third-order valence-corrected chi connectivity index (χ3v) is 17.2. The van der Waals surface area contributed by atoms with Crippen LogP contribution in [-0.4, -0.2) is 46.5 Å². The first-order chi connectivity index (χ1) is 26.0. The number of carboxylic acids is 1. The molecule has 2 aromatic carbocycles. The molecule has 2 N–H and O–H groups in total. The van der Waals surface area contributed by atoms with Crippen molar-refractivity contribution in [1.29, 1.82) is 0 Å². The molecule has 2 aromatic rings. The molecule has 0 saturated heterocycles. The first kappa shape index (κ1) is 43.8. The van der Waals surface area contributed by atoms with Crippen LogP contribution in [0.1, 0.15) is 117 Å². The quantitative estimate of drug-likeness (QED) is 0.287. The number of fused-ring (bicyclic) bond motifs is 7. The van der Waals surface area contributed by atoms with Crippen LogP contribution in [-0.2, 0) is 27.3 Å². The predicted molar refractivity (Wildman–Crippen MR) is 214 cm³/mol. The first-order valence-corrected chi connectivity index (χ1v) is 21.2. The number of aliphatic hydroxyl groups excluding tert-OH is 1. The Balaban J connectivity index is 0.00000532. The van der Waals surface area contributed by atoms with E-state index in [-0.39, 0.29) is 116 Å². The predicted octanol–water partition coefficient (Wildman–Crippen LogP) is 4.52. The number of rotatable bonds is 9. The Morgan fingerprint density at radius 1 is 0.839 bits per heavy atom. The summed E-state index contributed by atoms with van der Waals surface area (Å²) in [5, 5.41) is 27.3. The van der Waals surface area contributed by atoms with Gasteiger partial charge in [0.1, 0.15) is 6.54 Å². The second-order valence-electron chi connectivity index (χ2n) is 19.9. The SMILES string of the molecule is C[C@H]1[C@H](C)CC[C@]2(C(=O)N(CC(=O)NCc3ccccc3)C(Cc3ccccc3)C(=O)[O-])CC[C@]3(C)C(=CC[C@@H]4[C@@]5(C)CC[C@H](O)C(C)(C)[C@@H]5CC[C@]43C)[C@H]12.[K+]. The molecule has 5 aliphatic rings. The summed E-state index contributed by atoms with van der Waals surface area (Å²) in [5.74, 6) is -0.435. The minimum absolute atomic E-state index is 0. The number of hydrogen-bond donors (Lipinski definition) is 2. The van der Waals surface area contributed by atoms with Crippen LogP contribution in [0.3, 0.4) is 0 Å². The standard InChI is InChI=1S/C48H66N2O5.K/c1-31-20-25-48(43(55)50(30-40(52)49-29-34-16-12-9-13-17-34)36(42(53)54)28-33-14-10-8-11-15-33)27-26-46(6)35(41(48)32(31)2)18-19-38-45(5)23-22-39(51)44(3,4)37(45)21-24-47(38,46)7;/h8-18,31-32,36-39,41,51H,19-30H2,1-7H3,(H,49,52)(H,53,54);/q;+1/p-1/t31-,32+,36?,37+,38-,39+,41+,45+,46-,47-,48+;/m1./s1. The molecule has 2 amide bonds. The number of allylic oxidation sites excluding steroid dienone is 2. The molecule has 7 nitrogen and oxygen atoms in total. The van der Waals surface area contributed by atoms with Gasteiger partial charge < -0.3 is 25.2 Å². The van der Waals surface area contributed by atoms with E-state index in [9.17, 15) is 19.8 Å². The maximum Gasteiger partial charge on any atom is 1.00 e. The van der Waals surface area contributed by atoms with Crippen LogP contribution in [0.2, 0.25) is 0 Å². The summed E-state index contributed by atoms with van der Waals surface area (Å²) in [6.45, 7) is 16.7. The molecule has 0 aromatic heterocycles. The maximum absolute atomic E-state index is 15.7. The second-order valence-corrected chi connectivity index (χ2v) is 19.9. The van der Waals surface area contributed by atoms with Crippen molar-refractivity contribution in [3.8, 4) is 0 Å². The monoisotopic (exact) mass is 788 g/mol. The molecule has 11 atom stereocenters. The van der Waals surface area contributed by atoms with Crippen LogP contribution < -0.4 is 61.8 Å². The summed E-state index contributed by atoms with van der Waals surface area (Å²) in [7, 11) is 0. The van der Waals surface area contributed by atoms with E-state index in [1.165, 1.54) is 10.5 Å². The minimum atomic E-state index is -1.34. The number of hydrogen-bond acceptors (Lipinski definition) is 5. The van der Waals surface area contributed by atoms with E-state index in [2.05, 4.69) is 59.9 Å². The zero-order valence-corrected chi connectivity index (χ0v) is 38.5. The van der Waals surface area contributed by atoms with Crippen molar-refractivity contribution in [2.45, 2.75) is 131 Å². The van der Waals surface area contributed by atoms with Crippen LogP contribution >= 0.6 is 0 Å². The van der Waals surface area contributed by atoms with Gasteiger partial charge in [-0.25, -0.2) is 0 Å². The number of carbonyl (C=O) groups is 3. The van der Waals surface area contributed by atoms with E-state index in [0.29, 0.717) is 37.1 Å². The number of amides is 2. The number of carboxylic acid groups (broad SMARTS) is 1. The molecule has 1 unspecified atom stereocenters. The van der Waals surface area contributed by atoms with Crippen LogP contribution in [0, 0.1) is 56.7 Å². The van der Waals surface area contributed by atoms with E-state index >= 15 is 4.79 Å². The average molecular weight is 789 g/mol. The van der Waals surface area contributed by atoms with Gasteiger partial charge in [0, 0.05) is 6.54 Å². The van der Waals surface area contributed by atoms with Gasteiger partial charge in [-0.3, -0.25) is 9.59 Å². The number of nitrogens with one attached hydrogen (secondary N) is 1.